The van der Waals surface area contributed by atoms with E-state index in [9.17, 15) is 0 Å². The van der Waals surface area contributed by atoms with Gasteiger partial charge in [0.05, 0.1) is 24.4 Å². The molecule has 4 nitrogen and oxygen atoms in total. The van der Waals surface area contributed by atoms with Gasteiger partial charge >= 0.3 is 0 Å². The molecule has 0 spiro atoms. The summed E-state index contributed by atoms with van der Waals surface area (Å²) in [6, 6.07) is 13.8. The van der Waals surface area contributed by atoms with Crippen molar-refractivity contribution in [2.45, 2.75) is 0 Å². The van der Waals surface area contributed by atoms with Gasteiger partial charge in [0, 0.05) is 33.5 Å². The fourth-order valence-corrected chi connectivity index (χ4v) is 3.44. The molecule has 1 aromatic heterocycles. The number of halogens is 2. The van der Waals surface area contributed by atoms with E-state index in [2.05, 4.69) is 20.8 Å². The topological polar surface area (TPSA) is 38.2 Å². The lowest BCUT2D eigenvalue weighted by Gasteiger charge is -2.27. The van der Waals surface area contributed by atoms with Crippen molar-refractivity contribution in [3.8, 4) is 11.3 Å². The van der Waals surface area contributed by atoms with E-state index in [-0.39, 0.29) is 0 Å². The second-order valence-electron chi connectivity index (χ2n) is 5.61. The molecule has 6 heteroatoms. The van der Waals surface area contributed by atoms with Gasteiger partial charge < -0.3 is 9.64 Å². The quantitative estimate of drug-likeness (QED) is 0.628. The summed E-state index contributed by atoms with van der Waals surface area (Å²) in [5.41, 5.74) is 2.68. The van der Waals surface area contributed by atoms with Crippen LogP contribution in [0.5, 0.6) is 0 Å². The van der Waals surface area contributed by atoms with E-state index < -0.39 is 0 Å². The van der Waals surface area contributed by atoms with Gasteiger partial charge in [-0.15, -0.1) is 0 Å². The van der Waals surface area contributed by atoms with Gasteiger partial charge in [-0.2, -0.15) is 0 Å². The number of morpholine rings is 1. The first kappa shape index (κ1) is 15.8. The molecular weight excluding hydrogens is 390 g/mol. The van der Waals surface area contributed by atoms with Crippen LogP contribution in [0.1, 0.15) is 0 Å². The molecule has 0 amide bonds. The first-order valence-corrected chi connectivity index (χ1v) is 8.94. The number of benzene rings is 2. The van der Waals surface area contributed by atoms with Crippen LogP contribution < -0.4 is 4.90 Å². The van der Waals surface area contributed by atoms with Gasteiger partial charge in [0.1, 0.15) is 0 Å². The molecule has 3 aromatic rings. The van der Waals surface area contributed by atoms with Crippen LogP contribution in [0.25, 0.3) is 22.2 Å². The van der Waals surface area contributed by atoms with Crippen LogP contribution in [0, 0.1) is 0 Å². The molecule has 0 atom stereocenters. The molecule has 2 aromatic carbocycles. The zero-order chi connectivity index (χ0) is 16.5. The van der Waals surface area contributed by atoms with Crippen LogP contribution in [0.15, 0.2) is 46.9 Å². The minimum absolute atomic E-state index is 0.686. The Labute approximate surface area is 153 Å². The molecule has 0 saturated carbocycles. The van der Waals surface area contributed by atoms with Crippen LogP contribution in [0.2, 0.25) is 5.02 Å². The predicted molar refractivity (Wildman–Crippen MR) is 101 cm³/mol. The summed E-state index contributed by atoms with van der Waals surface area (Å²) in [6.07, 6.45) is 0. The Kier molecular flexibility index (Phi) is 4.39. The summed E-state index contributed by atoms with van der Waals surface area (Å²) in [5.74, 6) is 0.725. The number of hydrogen-bond acceptors (Lipinski definition) is 4. The van der Waals surface area contributed by atoms with Crippen molar-refractivity contribution in [1.29, 1.82) is 0 Å². The SMILES string of the molecule is Clc1ccccc1-c1nc(N2CCOCC2)nc2ccc(Br)cc12. The predicted octanol–water partition coefficient (Wildman–Crippen LogP) is 4.55. The van der Waals surface area contributed by atoms with E-state index in [0.717, 1.165) is 45.7 Å². The van der Waals surface area contributed by atoms with E-state index in [1.165, 1.54) is 0 Å². The highest BCUT2D eigenvalue weighted by Crippen LogP contribution is 2.34. The Balaban J connectivity index is 1.95. The number of ether oxygens (including phenoxy) is 1. The highest BCUT2D eigenvalue weighted by atomic mass is 79.9. The average Bonchev–Trinajstić information content (AvgIpc) is 2.62. The standard InChI is InChI=1S/C18H15BrClN3O/c19-12-5-6-16-14(11-12)17(13-3-1-2-4-15(13)20)22-18(21-16)23-7-9-24-10-8-23/h1-6,11H,7-10H2. The van der Waals surface area contributed by atoms with E-state index in [1.807, 2.05) is 42.5 Å². The largest absolute Gasteiger partial charge is 0.378 e. The van der Waals surface area contributed by atoms with Crippen molar-refractivity contribution >= 4 is 44.4 Å². The second-order valence-corrected chi connectivity index (χ2v) is 6.94. The van der Waals surface area contributed by atoms with Gasteiger partial charge in [0.15, 0.2) is 0 Å². The first-order chi connectivity index (χ1) is 11.7. The smallest absolute Gasteiger partial charge is 0.226 e. The molecule has 0 aliphatic carbocycles. The molecule has 24 heavy (non-hydrogen) atoms. The maximum Gasteiger partial charge on any atom is 0.226 e. The summed E-state index contributed by atoms with van der Waals surface area (Å²) in [7, 11) is 0. The maximum atomic E-state index is 6.43. The highest BCUT2D eigenvalue weighted by molar-refractivity contribution is 9.10. The minimum Gasteiger partial charge on any atom is -0.378 e. The number of hydrogen-bond donors (Lipinski definition) is 0. The van der Waals surface area contributed by atoms with Gasteiger partial charge in [0.2, 0.25) is 5.95 Å². The summed E-state index contributed by atoms with van der Waals surface area (Å²) in [5, 5.41) is 1.67. The third kappa shape index (κ3) is 2.99. The van der Waals surface area contributed by atoms with E-state index >= 15 is 0 Å². The summed E-state index contributed by atoms with van der Waals surface area (Å²) < 4.78 is 6.43. The fourth-order valence-electron chi connectivity index (χ4n) is 2.85. The molecule has 4 rings (SSSR count). The fraction of sp³-hybridized carbons (Fsp3) is 0.222. The Morgan fingerprint density at radius 3 is 2.62 bits per heavy atom. The molecule has 0 radical (unpaired) electrons. The van der Waals surface area contributed by atoms with E-state index in [0.29, 0.717) is 18.2 Å². The molecule has 1 saturated heterocycles. The molecular formula is C18H15BrClN3O. The lowest BCUT2D eigenvalue weighted by Crippen LogP contribution is -2.37. The Morgan fingerprint density at radius 2 is 1.83 bits per heavy atom. The van der Waals surface area contributed by atoms with Crippen molar-refractivity contribution in [3.63, 3.8) is 0 Å². The molecule has 1 fully saturated rings. The van der Waals surface area contributed by atoms with Crippen molar-refractivity contribution < 1.29 is 4.74 Å². The Bertz CT molecular complexity index is 897. The van der Waals surface area contributed by atoms with Gasteiger partial charge in [-0.1, -0.05) is 45.7 Å². The monoisotopic (exact) mass is 403 g/mol. The van der Waals surface area contributed by atoms with Crippen LogP contribution in [-0.2, 0) is 4.74 Å². The van der Waals surface area contributed by atoms with Crippen LogP contribution >= 0.6 is 27.5 Å². The number of rotatable bonds is 2. The Morgan fingerprint density at radius 1 is 1.04 bits per heavy atom. The third-order valence-corrected chi connectivity index (χ3v) is 4.89. The van der Waals surface area contributed by atoms with Crippen molar-refractivity contribution in [1.82, 2.24) is 9.97 Å². The summed E-state index contributed by atoms with van der Waals surface area (Å²) >= 11 is 9.97. The zero-order valence-corrected chi connectivity index (χ0v) is 15.2. The number of fused-ring (bicyclic) bond motifs is 1. The van der Waals surface area contributed by atoms with Gasteiger partial charge in [0.25, 0.3) is 0 Å². The third-order valence-electron chi connectivity index (χ3n) is 4.07. The molecule has 122 valence electrons. The average molecular weight is 405 g/mol. The van der Waals surface area contributed by atoms with Gasteiger partial charge in [-0.3, -0.25) is 0 Å². The normalized spacial score (nSPS) is 15.0. The number of nitrogens with zero attached hydrogens (tertiary/aromatic N) is 3. The minimum atomic E-state index is 0.686. The lowest BCUT2D eigenvalue weighted by molar-refractivity contribution is 0.122. The van der Waals surface area contributed by atoms with Crippen LogP contribution in [-0.4, -0.2) is 36.3 Å². The zero-order valence-electron chi connectivity index (χ0n) is 12.9. The van der Waals surface area contributed by atoms with Gasteiger partial charge in [-0.05, 0) is 24.3 Å². The summed E-state index contributed by atoms with van der Waals surface area (Å²) in [6.45, 7) is 2.99. The Hall–Kier alpha value is -1.69. The van der Waals surface area contributed by atoms with E-state index in [1.54, 1.807) is 0 Å². The first-order valence-electron chi connectivity index (χ1n) is 7.77. The van der Waals surface area contributed by atoms with Gasteiger partial charge in [-0.25, -0.2) is 9.97 Å². The van der Waals surface area contributed by atoms with Crippen molar-refractivity contribution in [2.24, 2.45) is 0 Å². The van der Waals surface area contributed by atoms with Crippen molar-refractivity contribution in [3.05, 3.63) is 52.0 Å². The number of anilines is 1. The van der Waals surface area contributed by atoms with Crippen LogP contribution in [0.3, 0.4) is 0 Å². The highest BCUT2D eigenvalue weighted by Gasteiger charge is 2.18. The van der Waals surface area contributed by atoms with Crippen LogP contribution in [0.4, 0.5) is 5.95 Å². The lowest BCUT2D eigenvalue weighted by atomic mass is 10.1. The molecule has 0 bridgehead atoms. The maximum absolute atomic E-state index is 6.43. The molecule has 1 aliphatic rings. The molecule has 0 unspecified atom stereocenters. The van der Waals surface area contributed by atoms with E-state index in [4.69, 9.17) is 26.3 Å². The molecule has 0 N–H and O–H groups in total. The van der Waals surface area contributed by atoms with Crippen molar-refractivity contribution in [2.75, 3.05) is 31.2 Å². The summed E-state index contributed by atoms with van der Waals surface area (Å²) in [4.78, 5) is 11.8. The molecule has 1 aliphatic heterocycles. The second kappa shape index (κ2) is 6.67. The molecule has 2 heterocycles. The number of aromatic nitrogens is 2.